The van der Waals surface area contributed by atoms with Crippen molar-refractivity contribution in [2.75, 3.05) is 0 Å². The summed E-state index contributed by atoms with van der Waals surface area (Å²) < 4.78 is 0. The van der Waals surface area contributed by atoms with Gasteiger partial charge in [0.2, 0.25) is 0 Å². The van der Waals surface area contributed by atoms with E-state index in [0.717, 1.165) is 9.79 Å². The molecule has 0 aliphatic rings. The van der Waals surface area contributed by atoms with Crippen LogP contribution in [0.1, 0.15) is 5.56 Å². The first-order valence-corrected chi connectivity index (χ1v) is 7.20. The van der Waals surface area contributed by atoms with Gasteiger partial charge in [0.15, 0.2) is 0 Å². The van der Waals surface area contributed by atoms with Gasteiger partial charge in [0.25, 0.3) is 0 Å². The Kier molecular flexibility index (Phi) is 4.63. The number of hydrogen-bond donors (Lipinski definition) is 2. The van der Waals surface area contributed by atoms with E-state index in [0.29, 0.717) is 20.6 Å². The van der Waals surface area contributed by atoms with Crippen LogP contribution < -0.4 is 5.73 Å². The third-order valence-corrected chi connectivity index (χ3v) is 4.47. The predicted octanol–water partition coefficient (Wildman–Crippen LogP) is 5.08. The Morgan fingerprint density at radius 1 is 1.00 bits per heavy atom. The maximum absolute atomic E-state index is 7.59. The Morgan fingerprint density at radius 3 is 2.37 bits per heavy atom. The molecule has 0 atom stereocenters. The maximum atomic E-state index is 7.59. The molecule has 0 aliphatic heterocycles. The third-order valence-electron chi connectivity index (χ3n) is 2.36. The maximum Gasteiger partial charge on any atom is 0.125 e. The molecule has 2 nitrogen and oxygen atoms in total. The molecule has 19 heavy (non-hydrogen) atoms. The van der Waals surface area contributed by atoms with Crippen molar-refractivity contribution in [2.24, 2.45) is 5.73 Å². The second-order valence-electron chi connectivity index (χ2n) is 3.70. The fourth-order valence-electron chi connectivity index (χ4n) is 1.52. The van der Waals surface area contributed by atoms with Crippen LogP contribution in [0.4, 0.5) is 0 Å². The zero-order chi connectivity index (χ0) is 14.0. The summed E-state index contributed by atoms with van der Waals surface area (Å²) in [6, 6.07) is 10.7. The van der Waals surface area contributed by atoms with Gasteiger partial charge in [0.05, 0.1) is 15.1 Å². The van der Waals surface area contributed by atoms with E-state index in [1.165, 1.54) is 11.8 Å². The number of amidine groups is 1. The summed E-state index contributed by atoms with van der Waals surface area (Å²) in [6.45, 7) is 0. The minimum Gasteiger partial charge on any atom is -0.384 e. The monoisotopic (exact) mass is 330 g/mol. The zero-order valence-electron chi connectivity index (χ0n) is 9.58. The summed E-state index contributed by atoms with van der Waals surface area (Å²) in [5, 5.41) is 9.04. The van der Waals surface area contributed by atoms with E-state index in [1.807, 2.05) is 18.2 Å². The predicted molar refractivity (Wildman–Crippen MR) is 83.1 cm³/mol. The number of hydrogen-bond acceptors (Lipinski definition) is 2. The Morgan fingerprint density at radius 2 is 1.74 bits per heavy atom. The van der Waals surface area contributed by atoms with Gasteiger partial charge in [0.1, 0.15) is 5.84 Å². The molecule has 6 heteroatoms. The normalized spacial score (nSPS) is 10.5. The van der Waals surface area contributed by atoms with Gasteiger partial charge in [-0.15, -0.1) is 0 Å². The molecule has 0 bridgehead atoms. The van der Waals surface area contributed by atoms with E-state index in [2.05, 4.69) is 0 Å². The second kappa shape index (κ2) is 6.06. The molecule has 0 amide bonds. The largest absolute Gasteiger partial charge is 0.384 e. The van der Waals surface area contributed by atoms with Crippen LogP contribution in [-0.4, -0.2) is 5.84 Å². The molecule has 0 unspecified atom stereocenters. The molecule has 3 N–H and O–H groups in total. The van der Waals surface area contributed by atoms with Crippen molar-refractivity contribution in [3.05, 3.63) is 57.0 Å². The van der Waals surface area contributed by atoms with Crippen LogP contribution in [0.3, 0.4) is 0 Å². The van der Waals surface area contributed by atoms with Crippen molar-refractivity contribution < 1.29 is 0 Å². The molecule has 0 aromatic heterocycles. The lowest BCUT2D eigenvalue weighted by molar-refractivity contribution is 1.33. The molecule has 0 spiro atoms. The quantitative estimate of drug-likeness (QED) is 0.608. The molecule has 0 saturated carbocycles. The first-order chi connectivity index (χ1) is 8.99. The summed E-state index contributed by atoms with van der Waals surface area (Å²) in [5.74, 6) is -0.0619. The van der Waals surface area contributed by atoms with E-state index in [1.54, 1.807) is 18.2 Å². The molecule has 0 radical (unpaired) electrons. The fourth-order valence-corrected chi connectivity index (χ4v) is 3.25. The standard InChI is InChI=1S/C13H9Cl3N2S/c14-8-5-4-7(6-10(8)16)19-11-3-1-2-9(15)12(11)13(17)18/h1-6H,(H3,17,18). The highest BCUT2D eigenvalue weighted by molar-refractivity contribution is 7.99. The third kappa shape index (κ3) is 3.37. The first-order valence-electron chi connectivity index (χ1n) is 5.25. The van der Waals surface area contributed by atoms with Gasteiger partial charge >= 0.3 is 0 Å². The van der Waals surface area contributed by atoms with Crippen LogP contribution in [0.2, 0.25) is 15.1 Å². The fraction of sp³-hybridized carbons (Fsp3) is 0. The minimum atomic E-state index is -0.0619. The van der Waals surface area contributed by atoms with Gasteiger partial charge in [-0.1, -0.05) is 52.6 Å². The lowest BCUT2D eigenvalue weighted by Gasteiger charge is -2.10. The molecule has 2 aromatic carbocycles. The van der Waals surface area contributed by atoms with E-state index in [9.17, 15) is 0 Å². The Labute approximate surface area is 130 Å². The molecule has 0 aliphatic carbocycles. The van der Waals surface area contributed by atoms with Crippen molar-refractivity contribution >= 4 is 52.4 Å². The van der Waals surface area contributed by atoms with Crippen LogP contribution >= 0.6 is 46.6 Å². The number of halogens is 3. The minimum absolute atomic E-state index is 0.0619. The number of nitrogens with two attached hydrogens (primary N) is 1. The van der Waals surface area contributed by atoms with Crippen molar-refractivity contribution in [2.45, 2.75) is 9.79 Å². The highest BCUT2D eigenvalue weighted by Crippen LogP contribution is 2.36. The number of rotatable bonds is 3. The van der Waals surface area contributed by atoms with Crippen LogP contribution in [0.15, 0.2) is 46.2 Å². The lowest BCUT2D eigenvalue weighted by atomic mass is 10.2. The Hall–Kier alpha value is -0.870. The molecule has 2 aromatic rings. The zero-order valence-corrected chi connectivity index (χ0v) is 12.7. The molecule has 98 valence electrons. The van der Waals surface area contributed by atoms with E-state index in [4.69, 9.17) is 45.9 Å². The summed E-state index contributed by atoms with van der Waals surface area (Å²) >= 11 is 19.3. The van der Waals surface area contributed by atoms with Crippen molar-refractivity contribution in [1.29, 1.82) is 5.41 Å². The van der Waals surface area contributed by atoms with E-state index in [-0.39, 0.29) is 5.84 Å². The topological polar surface area (TPSA) is 49.9 Å². The second-order valence-corrected chi connectivity index (χ2v) is 6.04. The summed E-state index contributed by atoms with van der Waals surface area (Å²) in [7, 11) is 0. The van der Waals surface area contributed by atoms with Gasteiger partial charge in [-0.25, -0.2) is 0 Å². The van der Waals surface area contributed by atoms with E-state index < -0.39 is 0 Å². The average Bonchev–Trinajstić information content (AvgIpc) is 2.33. The van der Waals surface area contributed by atoms with Crippen LogP contribution in [-0.2, 0) is 0 Å². The molecule has 0 heterocycles. The van der Waals surface area contributed by atoms with Crippen molar-refractivity contribution in [3.63, 3.8) is 0 Å². The highest BCUT2D eigenvalue weighted by atomic mass is 35.5. The van der Waals surface area contributed by atoms with Crippen LogP contribution in [0.5, 0.6) is 0 Å². The van der Waals surface area contributed by atoms with Gasteiger partial charge < -0.3 is 5.73 Å². The number of nitrogens with one attached hydrogen (secondary N) is 1. The summed E-state index contributed by atoms with van der Waals surface area (Å²) in [5.41, 5.74) is 6.09. The number of benzene rings is 2. The van der Waals surface area contributed by atoms with Crippen molar-refractivity contribution in [3.8, 4) is 0 Å². The van der Waals surface area contributed by atoms with Gasteiger partial charge in [-0.2, -0.15) is 0 Å². The highest BCUT2D eigenvalue weighted by Gasteiger charge is 2.11. The van der Waals surface area contributed by atoms with Crippen LogP contribution in [0, 0.1) is 5.41 Å². The van der Waals surface area contributed by atoms with Crippen molar-refractivity contribution in [1.82, 2.24) is 0 Å². The average molecular weight is 332 g/mol. The van der Waals surface area contributed by atoms with E-state index >= 15 is 0 Å². The first kappa shape index (κ1) is 14.5. The molecule has 0 fully saturated rings. The van der Waals surface area contributed by atoms with Crippen LogP contribution in [0.25, 0.3) is 0 Å². The lowest BCUT2D eigenvalue weighted by Crippen LogP contribution is -2.12. The molecule has 0 saturated heterocycles. The Bertz CT molecular complexity index is 644. The van der Waals surface area contributed by atoms with Gasteiger partial charge in [-0.3, -0.25) is 5.41 Å². The summed E-state index contributed by atoms with van der Waals surface area (Å²) in [4.78, 5) is 1.71. The smallest absolute Gasteiger partial charge is 0.125 e. The summed E-state index contributed by atoms with van der Waals surface area (Å²) in [6.07, 6.45) is 0. The van der Waals surface area contributed by atoms with Gasteiger partial charge in [0, 0.05) is 15.4 Å². The van der Waals surface area contributed by atoms with Gasteiger partial charge in [-0.05, 0) is 30.3 Å². The molecular formula is C13H9Cl3N2S. The molecular weight excluding hydrogens is 323 g/mol. The Balaban J connectivity index is 2.40. The SMILES string of the molecule is N=C(N)c1c(Cl)cccc1Sc1ccc(Cl)c(Cl)c1. The number of nitrogen functional groups attached to an aromatic ring is 1. The molecule has 2 rings (SSSR count).